The van der Waals surface area contributed by atoms with Crippen molar-refractivity contribution in [1.29, 1.82) is 0 Å². The second-order valence-corrected chi connectivity index (χ2v) is 7.86. The number of nitrogens with zero attached hydrogens (tertiary/aromatic N) is 5. The third-order valence-electron chi connectivity index (χ3n) is 4.17. The van der Waals surface area contributed by atoms with Gasteiger partial charge in [0.15, 0.2) is 11.5 Å². The van der Waals surface area contributed by atoms with Crippen molar-refractivity contribution in [3.63, 3.8) is 0 Å². The molecule has 29 heavy (non-hydrogen) atoms. The number of thiazole rings is 1. The molecule has 4 rings (SSSR count). The summed E-state index contributed by atoms with van der Waals surface area (Å²) < 4.78 is 7.36. The molecule has 0 radical (unpaired) electrons. The summed E-state index contributed by atoms with van der Waals surface area (Å²) in [7, 11) is 0. The van der Waals surface area contributed by atoms with Crippen LogP contribution in [0.4, 0.5) is 5.82 Å². The van der Waals surface area contributed by atoms with Crippen LogP contribution in [0.15, 0.2) is 52.7 Å². The zero-order chi connectivity index (χ0) is 20.1. The van der Waals surface area contributed by atoms with Crippen LogP contribution in [0.5, 0.6) is 0 Å². The van der Waals surface area contributed by atoms with Gasteiger partial charge in [-0.2, -0.15) is 0 Å². The molecule has 3 heterocycles. The number of rotatable bonds is 8. The molecule has 0 amide bonds. The van der Waals surface area contributed by atoms with Crippen LogP contribution in [0.25, 0.3) is 11.2 Å². The van der Waals surface area contributed by atoms with Crippen LogP contribution in [0.1, 0.15) is 22.5 Å². The van der Waals surface area contributed by atoms with Gasteiger partial charge in [-0.3, -0.25) is 0 Å². The third-order valence-corrected chi connectivity index (χ3v) is 5.91. The Bertz CT molecular complexity index is 1110. The van der Waals surface area contributed by atoms with Crippen molar-refractivity contribution in [2.24, 2.45) is 0 Å². The molecule has 0 aliphatic carbocycles. The number of carbonyl (C=O) groups excluding carboxylic acids is 1. The summed E-state index contributed by atoms with van der Waals surface area (Å²) >= 11 is 3.14. The van der Waals surface area contributed by atoms with Crippen LogP contribution in [0, 0.1) is 0 Å². The van der Waals surface area contributed by atoms with Gasteiger partial charge in [-0.05, 0) is 18.6 Å². The van der Waals surface area contributed by atoms with E-state index in [4.69, 9.17) is 10.5 Å². The van der Waals surface area contributed by atoms with Crippen LogP contribution in [-0.4, -0.2) is 37.1 Å². The van der Waals surface area contributed by atoms with E-state index >= 15 is 0 Å². The molecule has 10 heteroatoms. The lowest BCUT2D eigenvalue weighted by Gasteiger charge is -2.09. The molecule has 3 aromatic heterocycles. The Morgan fingerprint density at radius 3 is 2.97 bits per heavy atom. The van der Waals surface area contributed by atoms with Crippen molar-refractivity contribution < 1.29 is 9.53 Å². The Morgan fingerprint density at radius 2 is 2.10 bits per heavy atom. The van der Waals surface area contributed by atoms with Gasteiger partial charge in [0.1, 0.15) is 11.8 Å². The summed E-state index contributed by atoms with van der Waals surface area (Å²) in [4.78, 5) is 30.1. The monoisotopic (exact) mass is 426 g/mol. The standard InChI is InChI=1S/C19H18N6O2S2/c20-17-16-18(22-10-21-17)25(11-23-16)6-3-7-27-19(26)14-4-1-2-5-15(14)29-9-13-8-28-12-24-13/h1-2,4-5,8,10-12H,3,6-7,9H2,(H2,20,21,22). The first kappa shape index (κ1) is 19.3. The fraction of sp³-hybridized carbons (Fsp3) is 0.211. The summed E-state index contributed by atoms with van der Waals surface area (Å²) in [5.74, 6) is 0.743. The predicted octanol–water partition coefficient (Wildman–Crippen LogP) is 3.40. The highest BCUT2D eigenvalue weighted by Crippen LogP contribution is 2.26. The van der Waals surface area contributed by atoms with Gasteiger partial charge in [-0.1, -0.05) is 12.1 Å². The van der Waals surface area contributed by atoms with Crippen molar-refractivity contribution in [2.75, 3.05) is 12.3 Å². The fourth-order valence-electron chi connectivity index (χ4n) is 2.76. The number of esters is 1. The maximum atomic E-state index is 12.5. The highest BCUT2D eigenvalue weighted by Gasteiger charge is 2.13. The highest BCUT2D eigenvalue weighted by atomic mass is 32.2. The smallest absolute Gasteiger partial charge is 0.339 e. The van der Waals surface area contributed by atoms with Crippen LogP contribution < -0.4 is 5.73 Å². The zero-order valence-electron chi connectivity index (χ0n) is 15.4. The number of nitrogens with two attached hydrogens (primary N) is 1. The molecule has 0 unspecified atom stereocenters. The van der Waals surface area contributed by atoms with E-state index < -0.39 is 0 Å². The van der Waals surface area contributed by atoms with E-state index in [9.17, 15) is 4.79 Å². The normalized spacial score (nSPS) is 11.0. The number of carbonyl (C=O) groups is 1. The number of aromatic nitrogens is 5. The van der Waals surface area contributed by atoms with Gasteiger partial charge in [-0.25, -0.2) is 24.7 Å². The van der Waals surface area contributed by atoms with Crippen molar-refractivity contribution in [3.8, 4) is 0 Å². The van der Waals surface area contributed by atoms with Gasteiger partial charge in [0.25, 0.3) is 0 Å². The van der Waals surface area contributed by atoms with Crippen LogP contribution in [0.2, 0.25) is 0 Å². The number of fused-ring (bicyclic) bond motifs is 1. The second-order valence-electron chi connectivity index (χ2n) is 6.12. The molecule has 0 fully saturated rings. The minimum atomic E-state index is -0.326. The summed E-state index contributed by atoms with van der Waals surface area (Å²) in [6, 6.07) is 7.47. The topological polar surface area (TPSA) is 109 Å². The average molecular weight is 427 g/mol. The molecule has 0 bridgehead atoms. The third kappa shape index (κ3) is 4.54. The summed E-state index contributed by atoms with van der Waals surface area (Å²) in [5, 5.41) is 2.01. The Kier molecular flexibility index (Phi) is 6.01. The lowest BCUT2D eigenvalue weighted by molar-refractivity contribution is 0.0492. The molecule has 0 saturated carbocycles. The molecule has 148 valence electrons. The van der Waals surface area contributed by atoms with E-state index in [1.54, 1.807) is 41.0 Å². The lowest BCUT2D eigenvalue weighted by Crippen LogP contribution is -2.10. The van der Waals surface area contributed by atoms with E-state index in [1.807, 2.05) is 28.1 Å². The SMILES string of the molecule is Nc1ncnc2c1ncn2CCCOC(=O)c1ccccc1SCc1cscn1. The van der Waals surface area contributed by atoms with Gasteiger partial charge in [0.2, 0.25) is 0 Å². The lowest BCUT2D eigenvalue weighted by atomic mass is 10.2. The van der Waals surface area contributed by atoms with E-state index in [0.717, 1.165) is 10.6 Å². The molecule has 0 aliphatic heterocycles. The molecular weight excluding hydrogens is 408 g/mol. The summed E-state index contributed by atoms with van der Waals surface area (Å²) in [5.41, 5.74) is 10.4. The van der Waals surface area contributed by atoms with Gasteiger partial charge in [0, 0.05) is 22.6 Å². The van der Waals surface area contributed by atoms with Crippen LogP contribution in [0.3, 0.4) is 0 Å². The maximum Gasteiger partial charge on any atom is 0.339 e. The Labute approximate surface area is 175 Å². The number of ether oxygens (including phenoxy) is 1. The number of hydrogen-bond donors (Lipinski definition) is 1. The number of hydrogen-bond acceptors (Lipinski definition) is 9. The van der Waals surface area contributed by atoms with Gasteiger partial charge >= 0.3 is 5.97 Å². The maximum absolute atomic E-state index is 12.5. The quantitative estimate of drug-likeness (QED) is 0.259. The van der Waals surface area contributed by atoms with Crippen molar-refractivity contribution in [1.82, 2.24) is 24.5 Å². The van der Waals surface area contributed by atoms with Crippen LogP contribution in [-0.2, 0) is 17.0 Å². The minimum Gasteiger partial charge on any atom is -0.462 e. The van der Waals surface area contributed by atoms with E-state index in [1.165, 1.54) is 6.33 Å². The molecule has 0 spiro atoms. The van der Waals surface area contributed by atoms with Crippen molar-refractivity contribution in [3.05, 3.63) is 59.1 Å². The summed E-state index contributed by atoms with van der Waals surface area (Å²) in [6.07, 6.45) is 3.72. The molecule has 2 N–H and O–H groups in total. The Morgan fingerprint density at radius 1 is 1.21 bits per heavy atom. The first-order valence-corrected chi connectivity index (χ1v) is 10.8. The molecule has 8 nitrogen and oxygen atoms in total. The molecule has 1 aromatic carbocycles. The van der Waals surface area contributed by atoms with E-state index in [2.05, 4.69) is 19.9 Å². The van der Waals surface area contributed by atoms with Gasteiger partial charge < -0.3 is 15.0 Å². The molecule has 0 atom stereocenters. The number of anilines is 1. The van der Waals surface area contributed by atoms with Crippen molar-refractivity contribution >= 4 is 46.0 Å². The number of aryl methyl sites for hydroxylation is 1. The minimum absolute atomic E-state index is 0.296. The van der Waals surface area contributed by atoms with E-state index in [0.29, 0.717) is 47.9 Å². The summed E-state index contributed by atoms with van der Waals surface area (Å²) in [6.45, 7) is 0.907. The number of benzene rings is 1. The van der Waals surface area contributed by atoms with Gasteiger partial charge in [-0.15, -0.1) is 23.1 Å². The molecular formula is C19H18N6O2S2. The largest absolute Gasteiger partial charge is 0.462 e. The van der Waals surface area contributed by atoms with E-state index in [-0.39, 0.29) is 5.97 Å². The number of imidazole rings is 1. The first-order chi connectivity index (χ1) is 14.2. The molecule has 0 saturated heterocycles. The average Bonchev–Trinajstić information content (AvgIpc) is 3.40. The Hall–Kier alpha value is -2.98. The van der Waals surface area contributed by atoms with Gasteiger partial charge in [0.05, 0.1) is 29.7 Å². The number of thioether (sulfide) groups is 1. The fourth-order valence-corrected chi connectivity index (χ4v) is 4.37. The zero-order valence-corrected chi connectivity index (χ0v) is 17.0. The second kappa shape index (κ2) is 9.01. The molecule has 0 aliphatic rings. The highest BCUT2D eigenvalue weighted by molar-refractivity contribution is 7.98. The Balaban J connectivity index is 1.32. The molecule has 4 aromatic rings. The van der Waals surface area contributed by atoms with Crippen molar-refractivity contribution in [2.45, 2.75) is 23.6 Å². The number of nitrogen functional groups attached to an aromatic ring is 1. The van der Waals surface area contributed by atoms with Crippen LogP contribution >= 0.6 is 23.1 Å². The predicted molar refractivity (Wildman–Crippen MR) is 113 cm³/mol. The first-order valence-electron chi connectivity index (χ1n) is 8.89.